The number of methoxy groups -OCH3 is 3. The summed E-state index contributed by atoms with van der Waals surface area (Å²) in [5.41, 5.74) is 0.577. The molecule has 2 rings (SSSR count). The van der Waals surface area contributed by atoms with Gasteiger partial charge in [-0.1, -0.05) is 0 Å². The molecule has 2 atom stereocenters. The molecule has 1 N–H and O–H groups in total. The first-order valence-corrected chi connectivity index (χ1v) is 9.21. The van der Waals surface area contributed by atoms with E-state index in [1.807, 2.05) is 0 Å². The van der Waals surface area contributed by atoms with E-state index >= 15 is 0 Å². The van der Waals surface area contributed by atoms with E-state index in [2.05, 4.69) is 0 Å². The Hall–Kier alpha value is -2.55. The van der Waals surface area contributed by atoms with Gasteiger partial charge in [-0.05, 0) is 43.2 Å². The second-order valence-corrected chi connectivity index (χ2v) is 6.49. The third kappa shape index (κ3) is 6.77. The number of hydrogen-bond donors (Lipinski definition) is 1. The maximum atomic E-state index is 12.6. The molecule has 0 fully saturated rings. The van der Waals surface area contributed by atoms with E-state index in [4.69, 9.17) is 28.1 Å². The Kier molecular flexibility index (Phi) is 8.98. The SMILES string of the molecule is COCOc1cc(OCOC)cc(C(C(=O)OC)c2ccc(CCC(C)O)o2)c1. The number of aliphatic hydroxyl groups is 1. The molecular formula is C21H28O8. The van der Waals surface area contributed by atoms with Crippen LogP contribution < -0.4 is 9.47 Å². The van der Waals surface area contributed by atoms with Gasteiger partial charge in [-0.15, -0.1) is 0 Å². The minimum atomic E-state index is -0.809. The first-order chi connectivity index (χ1) is 14.0. The highest BCUT2D eigenvalue weighted by atomic mass is 16.7. The average Bonchev–Trinajstić information content (AvgIpc) is 3.17. The highest BCUT2D eigenvalue weighted by Gasteiger charge is 2.28. The zero-order chi connectivity index (χ0) is 21.2. The number of esters is 1. The van der Waals surface area contributed by atoms with Gasteiger partial charge >= 0.3 is 5.97 Å². The molecular weight excluding hydrogens is 380 g/mol. The van der Waals surface area contributed by atoms with Crippen LogP contribution in [0.25, 0.3) is 0 Å². The van der Waals surface area contributed by atoms with Crippen LogP contribution in [0.2, 0.25) is 0 Å². The maximum Gasteiger partial charge on any atom is 0.320 e. The molecule has 0 aliphatic rings. The summed E-state index contributed by atoms with van der Waals surface area (Å²) in [5, 5.41) is 9.47. The number of ether oxygens (including phenoxy) is 5. The fourth-order valence-electron chi connectivity index (χ4n) is 2.75. The maximum absolute atomic E-state index is 12.6. The summed E-state index contributed by atoms with van der Waals surface area (Å²) in [6, 6.07) is 8.61. The predicted molar refractivity (Wildman–Crippen MR) is 104 cm³/mol. The van der Waals surface area contributed by atoms with Crippen LogP contribution in [-0.4, -0.2) is 52.1 Å². The molecule has 0 spiro atoms. The predicted octanol–water partition coefficient (Wildman–Crippen LogP) is 2.86. The van der Waals surface area contributed by atoms with Crippen molar-refractivity contribution < 1.29 is 38.0 Å². The summed E-state index contributed by atoms with van der Waals surface area (Å²) in [6.07, 6.45) is 0.686. The smallest absolute Gasteiger partial charge is 0.320 e. The third-order valence-electron chi connectivity index (χ3n) is 4.13. The lowest BCUT2D eigenvalue weighted by atomic mass is 9.96. The molecule has 0 aliphatic heterocycles. The Bertz CT molecular complexity index is 742. The van der Waals surface area contributed by atoms with Gasteiger partial charge in [-0.25, -0.2) is 0 Å². The van der Waals surface area contributed by atoms with Crippen molar-refractivity contribution in [3.63, 3.8) is 0 Å². The molecule has 2 unspecified atom stereocenters. The Morgan fingerprint density at radius 3 is 2.17 bits per heavy atom. The van der Waals surface area contributed by atoms with Crippen LogP contribution in [0.5, 0.6) is 11.5 Å². The van der Waals surface area contributed by atoms with E-state index in [9.17, 15) is 9.90 Å². The summed E-state index contributed by atoms with van der Waals surface area (Å²) < 4.78 is 31.8. The largest absolute Gasteiger partial charge is 0.468 e. The number of benzene rings is 1. The van der Waals surface area contributed by atoms with E-state index in [0.29, 0.717) is 41.4 Å². The Morgan fingerprint density at radius 2 is 1.66 bits per heavy atom. The summed E-state index contributed by atoms with van der Waals surface area (Å²) in [7, 11) is 4.35. The van der Waals surface area contributed by atoms with Gasteiger partial charge in [0.05, 0.1) is 13.2 Å². The van der Waals surface area contributed by atoms with Gasteiger partial charge < -0.3 is 33.2 Å². The topological polar surface area (TPSA) is 96.6 Å². The molecule has 0 saturated carbocycles. The van der Waals surface area contributed by atoms with Gasteiger partial charge in [0, 0.05) is 26.7 Å². The van der Waals surface area contributed by atoms with Crippen molar-refractivity contribution in [3.05, 3.63) is 47.4 Å². The first-order valence-electron chi connectivity index (χ1n) is 9.21. The van der Waals surface area contributed by atoms with Crippen LogP contribution in [0.1, 0.15) is 36.3 Å². The summed E-state index contributed by atoms with van der Waals surface area (Å²) in [4.78, 5) is 12.6. The van der Waals surface area contributed by atoms with Crippen LogP contribution in [-0.2, 0) is 25.4 Å². The number of carbonyl (C=O) groups excluding carboxylic acids is 1. The second-order valence-electron chi connectivity index (χ2n) is 6.49. The van der Waals surface area contributed by atoms with Crippen LogP contribution in [0, 0.1) is 0 Å². The molecule has 1 heterocycles. The fourth-order valence-corrected chi connectivity index (χ4v) is 2.75. The van der Waals surface area contributed by atoms with E-state index in [1.165, 1.54) is 21.3 Å². The Morgan fingerprint density at radius 1 is 1.03 bits per heavy atom. The minimum absolute atomic E-state index is 0.0420. The molecule has 1 aromatic carbocycles. The molecule has 8 heteroatoms. The van der Waals surface area contributed by atoms with Crippen LogP contribution in [0.15, 0.2) is 34.7 Å². The molecule has 0 aliphatic carbocycles. The second kappa shape index (κ2) is 11.5. The fraction of sp³-hybridized carbons (Fsp3) is 0.476. The standard InChI is InChI=1S/C21H28O8/c1-14(22)5-6-16-7-8-19(29-16)20(21(23)26-4)15-9-17(27-12-24-2)11-18(10-15)28-13-25-3/h7-11,14,20,22H,5-6,12-13H2,1-4H3. The van der Waals surface area contributed by atoms with Gasteiger partial charge in [-0.3, -0.25) is 4.79 Å². The quantitative estimate of drug-likeness (QED) is 0.423. The number of hydrogen-bond acceptors (Lipinski definition) is 8. The van der Waals surface area contributed by atoms with E-state index in [1.54, 1.807) is 37.3 Å². The number of aryl methyl sites for hydroxylation is 1. The summed E-state index contributed by atoms with van der Waals surface area (Å²) in [6.45, 7) is 1.80. The number of rotatable bonds is 12. The van der Waals surface area contributed by atoms with Crippen molar-refractivity contribution in [2.24, 2.45) is 0 Å². The molecule has 0 bridgehead atoms. The number of aliphatic hydroxyl groups excluding tert-OH is 1. The third-order valence-corrected chi connectivity index (χ3v) is 4.13. The molecule has 2 aromatic rings. The van der Waals surface area contributed by atoms with Crippen molar-refractivity contribution in [2.75, 3.05) is 34.9 Å². The van der Waals surface area contributed by atoms with Crippen LogP contribution in [0.3, 0.4) is 0 Å². The van der Waals surface area contributed by atoms with Crippen molar-refractivity contribution in [3.8, 4) is 11.5 Å². The van der Waals surface area contributed by atoms with Gasteiger partial charge in [0.15, 0.2) is 13.6 Å². The highest BCUT2D eigenvalue weighted by molar-refractivity contribution is 5.81. The minimum Gasteiger partial charge on any atom is -0.468 e. The van der Waals surface area contributed by atoms with Gasteiger partial charge in [-0.2, -0.15) is 0 Å². The van der Waals surface area contributed by atoms with Gasteiger partial charge in [0.1, 0.15) is 28.9 Å². The number of furan rings is 1. The molecule has 1 aromatic heterocycles. The van der Waals surface area contributed by atoms with Crippen molar-refractivity contribution in [1.82, 2.24) is 0 Å². The van der Waals surface area contributed by atoms with Crippen molar-refractivity contribution >= 4 is 5.97 Å². The highest BCUT2D eigenvalue weighted by Crippen LogP contribution is 2.33. The lowest BCUT2D eigenvalue weighted by Gasteiger charge is -2.16. The first kappa shape index (κ1) is 22.7. The Labute approximate surface area is 170 Å². The van der Waals surface area contributed by atoms with E-state index in [-0.39, 0.29) is 13.6 Å². The zero-order valence-corrected chi connectivity index (χ0v) is 17.2. The van der Waals surface area contributed by atoms with Gasteiger partial charge in [0.2, 0.25) is 0 Å². The normalized spacial score (nSPS) is 13.0. The van der Waals surface area contributed by atoms with Gasteiger partial charge in [0.25, 0.3) is 0 Å². The lowest BCUT2D eigenvalue weighted by molar-refractivity contribution is -0.141. The lowest BCUT2D eigenvalue weighted by Crippen LogP contribution is -2.16. The average molecular weight is 408 g/mol. The molecule has 0 amide bonds. The zero-order valence-electron chi connectivity index (χ0n) is 17.2. The number of carbonyl (C=O) groups is 1. The molecule has 8 nitrogen and oxygen atoms in total. The van der Waals surface area contributed by atoms with Crippen molar-refractivity contribution in [2.45, 2.75) is 31.8 Å². The summed E-state index contributed by atoms with van der Waals surface area (Å²) >= 11 is 0. The Balaban J connectivity index is 2.38. The molecule has 160 valence electrons. The summed E-state index contributed by atoms with van der Waals surface area (Å²) in [5.74, 6) is 0.742. The monoisotopic (exact) mass is 408 g/mol. The molecule has 29 heavy (non-hydrogen) atoms. The molecule has 0 saturated heterocycles. The van der Waals surface area contributed by atoms with E-state index < -0.39 is 18.0 Å². The van der Waals surface area contributed by atoms with E-state index in [0.717, 1.165) is 0 Å². The van der Waals surface area contributed by atoms with Crippen LogP contribution >= 0.6 is 0 Å². The molecule has 0 radical (unpaired) electrons. The van der Waals surface area contributed by atoms with Crippen LogP contribution in [0.4, 0.5) is 0 Å². The van der Waals surface area contributed by atoms with Crippen molar-refractivity contribution in [1.29, 1.82) is 0 Å².